The standard InChI is InChI=1S/C11H10F3NO2S/c1-15-5-7-6-18(16,17)9-4-2-3-8(10(7)9)11(12,13)14/h2-4,6,15H,5H2,1H3. The molecule has 98 valence electrons. The van der Waals surface area contributed by atoms with Crippen LogP contribution in [0.1, 0.15) is 11.1 Å². The lowest BCUT2D eigenvalue weighted by atomic mass is 10.0. The molecule has 1 N–H and O–H groups in total. The highest BCUT2D eigenvalue weighted by Crippen LogP contribution is 2.42. The molecule has 0 amide bonds. The first-order chi connectivity index (χ1) is 8.27. The molecule has 0 radical (unpaired) electrons. The smallest absolute Gasteiger partial charge is 0.316 e. The number of hydrogen-bond donors (Lipinski definition) is 1. The second-order valence-corrected chi connectivity index (χ2v) is 5.66. The predicted molar refractivity (Wildman–Crippen MR) is 60.5 cm³/mol. The number of benzene rings is 1. The Morgan fingerprint density at radius 1 is 1.28 bits per heavy atom. The van der Waals surface area contributed by atoms with E-state index in [0.717, 1.165) is 17.5 Å². The lowest BCUT2D eigenvalue weighted by Gasteiger charge is -2.13. The number of rotatable bonds is 2. The minimum Gasteiger partial charge on any atom is -0.316 e. The minimum atomic E-state index is -4.57. The summed E-state index contributed by atoms with van der Waals surface area (Å²) >= 11 is 0. The number of nitrogens with one attached hydrogen (secondary N) is 1. The molecule has 0 aliphatic carbocycles. The average Bonchev–Trinajstić information content (AvgIpc) is 2.50. The van der Waals surface area contributed by atoms with Crippen LogP contribution in [0.4, 0.5) is 13.2 Å². The summed E-state index contributed by atoms with van der Waals surface area (Å²) in [5.74, 6) is 0. The van der Waals surface area contributed by atoms with Crippen LogP contribution in [0.5, 0.6) is 0 Å². The molecular weight excluding hydrogens is 267 g/mol. The summed E-state index contributed by atoms with van der Waals surface area (Å²) < 4.78 is 62.1. The van der Waals surface area contributed by atoms with Gasteiger partial charge >= 0.3 is 6.18 Å². The molecule has 0 bridgehead atoms. The van der Waals surface area contributed by atoms with E-state index in [2.05, 4.69) is 5.32 Å². The van der Waals surface area contributed by atoms with Gasteiger partial charge in [-0.1, -0.05) is 6.07 Å². The summed E-state index contributed by atoms with van der Waals surface area (Å²) in [6.07, 6.45) is -4.57. The van der Waals surface area contributed by atoms with E-state index in [-0.39, 0.29) is 22.6 Å². The first-order valence-electron chi connectivity index (χ1n) is 5.08. The van der Waals surface area contributed by atoms with Crippen molar-refractivity contribution in [3.63, 3.8) is 0 Å². The number of halogens is 3. The van der Waals surface area contributed by atoms with Crippen LogP contribution < -0.4 is 5.32 Å². The van der Waals surface area contributed by atoms with Gasteiger partial charge in [0.05, 0.1) is 10.5 Å². The third-order valence-electron chi connectivity index (χ3n) is 2.62. The van der Waals surface area contributed by atoms with Gasteiger partial charge in [-0.05, 0) is 24.8 Å². The fourth-order valence-electron chi connectivity index (χ4n) is 1.97. The second kappa shape index (κ2) is 4.10. The first kappa shape index (κ1) is 13.1. The molecule has 1 aromatic rings. The Bertz CT molecular complexity index is 618. The Morgan fingerprint density at radius 2 is 1.94 bits per heavy atom. The van der Waals surface area contributed by atoms with Crippen molar-refractivity contribution in [3.8, 4) is 0 Å². The van der Waals surface area contributed by atoms with Crippen molar-refractivity contribution >= 4 is 15.4 Å². The minimum absolute atomic E-state index is 0.0688. The highest BCUT2D eigenvalue weighted by Gasteiger charge is 2.39. The normalized spacial score (nSPS) is 17.4. The van der Waals surface area contributed by atoms with Gasteiger partial charge in [0.25, 0.3) is 0 Å². The number of sulfone groups is 1. The van der Waals surface area contributed by atoms with E-state index in [0.29, 0.717) is 0 Å². The van der Waals surface area contributed by atoms with Crippen LogP contribution in [0.15, 0.2) is 28.5 Å². The van der Waals surface area contributed by atoms with Crippen molar-refractivity contribution in [1.82, 2.24) is 5.32 Å². The lowest BCUT2D eigenvalue weighted by Crippen LogP contribution is -2.14. The van der Waals surface area contributed by atoms with Gasteiger partial charge in [0, 0.05) is 17.5 Å². The zero-order chi connectivity index (χ0) is 13.6. The van der Waals surface area contributed by atoms with Gasteiger partial charge in [-0.2, -0.15) is 13.2 Å². The molecule has 0 spiro atoms. The van der Waals surface area contributed by atoms with Crippen LogP contribution >= 0.6 is 0 Å². The summed E-state index contributed by atoms with van der Waals surface area (Å²) in [6, 6.07) is 3.19. The summed E-state index contributed by atoms with van der Waals surface area (Å²) in [4.78, 5) is -0.275. The van der Waals surface area contributed by atoms with Crippen LogP contribution in [0.3, 0.4) is 0 Å². The van der Waals surface area contributed by atoms with Crippen LogP contribution in [-0.4, -0.2) is 22.0 Å². The number of alkyl halides is 3. The highest BCUT2D eigenvalue weighted by molar-refractivity contribution is 7.95. The molecule has 1 aliphatic heterocycles. The van der Waals surface area contributed by atoms with E-state index in [9.17, 15) is 21.6 Å². The summed E-state index contributed by atoms with van der Waals surface area (Å²) in [5, 5.41) is 3.56. The van der Waals surface area contributed by atoms with Crippen LogP contribution in [0.25, 0.3) is 5.57 Å². The molecule has 0 saturated heterocycles. The van der Waals surface area contributed by atoms with Crippen LogP contribution in [0.2, 0.25) is 0 Å². The van der Waals surface area contributed by atoms with Gasteiger partial charge in [-0.3, -0.25) is 0 Å². The van der Waals surface area contributed by atoms with Crippen molar-refractivity contribution in [2.45, 2.75) is 11.1 Å². The predicted octanol–water partition coefficient (Wildman–Crippen LogP) is 2.05. The monoisotopic (exact) mass is 277 g/mol. The lowest BCUT2D eigenvalue weighted by molar-refractivity contribution is -0.137. The molecular formula is C11H10F3NO2S. The molecule has 7 heteroatoms. The Morgan fingerprint density at radius 3 is 2.50 bits per heavy atom. The van der Waals surface area contributed by atoms with E-state index >= 15 is 0 Å². The van der Waals surface area contributed by atoms with E-state index in [4.69, 9.17) is 0 Å². The van der Waals surface area contributed by atoms with E-state index in [1.807, 2.05) is 0 Å². The second-order valence-electron chi connectivity index (χ2n) is 3.89. The Hall–Kier alpha value is -1.34. The number of hydrogen-bond acceptors (Lipinski definition) is 3. The van der Waals surface area contributed by atoms with Gasteiger partial charge < -0.3 is 5.32 Å². The molecule has 3 nitrogen and oxygen atoms in total. The number of fused-ring (bicyclic) bond motifs is 1. The molecule has 0 atom stereocenters. The molecule has 0 unspecified atom stereocenters. The molecule has 2 rings (SSSR count). The zero-order valence-corrected chi connectivity index (χ0v) is 10.2. The van der Waals surface area contributed by atoms with E-state index < -0.39 is 21.6 Å². The fourth-order valence-corrected chi connectivity index (χ4v) is 3.46. The SMILES string of the molecule is CNCC1=CS(=O)(=O)c2cccc(C(F)(F)F)c21. The third-order valence-corrected chi connectivity index (χ3v) is 4.17. The van der Waals surface area contributed by atoms with Crippen molar-refractivity contribution in [1.29, 1.82) is 0 Å². The van der Waals surface area contributed by atoms with Gasteiger partial charge in [0.15, 0.2) is 0 Å². The van der Waals surface area contributed by atoms with Gasteiger partial charge in [-0.25, -0.2) is 8.42 Å². The maximum absolute atomic E-state index is 12.9. The fraction of sp³-hybridized carbons (Fsp3) is 0.273. The zero-order valence-electron chi connectivity index (χ0n) is 9.38. The van der Waals surface area contributed by atoms with Crippen molar-refractivity contribution in [3.05, 3.63) is 34.7 Å². The topological polar surface area (TPSA) is 46.2 Å². The maximum Gasteiger partial charge on any atom is 0.417 e. The molecule has 1 heterocycles. The molecule has 1 aromatic carbocycles. The molecule has 0 saturated carbocycles. The summed E-state index contributed by atoms with van der Waals surface area (Å²) in [5.41, 5.74) is -1.01. The largest absolute Gasteiger partial charge is 0.417 e. The van der Waals surface area contributed by atoms with E-state index in [1.54, 1.807) is 7.05 Å². The van der Waals surface area contributed by atoms with Crippen LogP contribution in [-0.2, 0) is 16.0 Å². The van der Waals surface area contributed by atoms with Crippen molar-refractivity contribution < 1.29 is 21.6 Å². The quantitative estimate of drug-likeness (QED) is 0.900. The maximum atomic E-state index is 12.9. The Balaban J connectivity index is 2.74. The average molecular weight is 277 g/mol. The molecule has 1 aliphatic rings. The van der Waals surface area contributed by atoms with Gasteiger partial charge in [0.2, 0.25) is 9.84 Å². The van der Waals surface area contributed by atoms with Gasteiger partial charge in [0.1, 0.15) is 0 Å². The third kappa shape index (κ3) is 2.04. The van der Waals surface area contributed by atoms with Crippen molar-refractivity contribution in [2.24, 2.45) is 0 Å². The van der Waals surface area contributed by atoms with Gasteiger partial charge in [-0.15, -0.1) is 0 Å². The van der Waals surface area contributed by atoms with E-state index in [1.165, 1.54) is 6.07 Å². The summed E-state index contributed by atoms with van der Waals surface area (Å²) in [6.45, 7) is 0.0688. The molecule has 0 fully saturated rings. The Kier molecular flexibility index (Phi) is 2.98. The van der Waals surface area contributed by atoms with Crippen molar-refractivity contribution in [2.75, 3.05) is 13.6 Å². The molecule has 0 aromatic heterocycles. The Labute approximate surface area is 102 Å². The van der Waals surface area contributed by atoms with Crippen LogP contribution in [0, 0.1) is 0 Å². The summed E-state index contributed by atoms with van der Waals surface area (Å²) in [7, 11) is -2.22. The first-order valence-corrected chi connectivity index (χ1v) is 6.63. The highest BCUT2D eigenvalue weighted by atomic mass is 32.2. The number of likely N-dealkylation sites (N-methyl/N-ethyl adjacent to an activating group) is 1. The molecule has 18 heavy (non-hydrogen) atoms.